The first-order valence-corrected chi connectivity index (χ1v) is 10.6. The Morgan fingerprint density at radius 1 is 1.16 bits per heavy atom. The summed E-state index contributed by atoms with van der Waals surface area (Å²) in [7, 11) is 0. The molecule has 0 spiro atoms. The average Bonchev–Trinajstić information content (AvgIpc) is 2.74. The Labute approximate surface area is 182 Å². The van der Waals surface area contributed by atoms with Gasteiger partial charge in [-0.15, -0.1) is 11.8 Å². The van der Waals surface area contributed by atoms with Gasteiger partial charge in [-0.25, -0.2) is 0 Å². The fraction of sp³-hybridized carbons (Fsp3) is 0.400. The zero-order valence-corrected chi connectivity index (χ0v) is 17.4. The molecule has 0 aromatic heterocycles. The van der Waals surface area contributed by atoms with E-state index in [4.69, 9.17) is 15.9 Å². The maximum Gasteiger partial charge on any atom is 0.322 e. The number of rotatable bonds is 11. The molecule has 0 bridgehead atoms. The van der Waals surface area contributed by atoms with Crippen LogP contribution in [-0.4, -0.2) is 68.7 Å². The van der Waals surface area contributed by atoms with Gasteiger partial charge in [0.15, 0.2) is 0 Å². The number of fused-ring (bicyclic) bond motifs is 1. The van der Waals surface area contributed by atoms with Crippen LogP contribution in [0.5, 0.6) is 0 Å². The highest BCUT2D eigenvalue weighted by Gasteiger charge is 2.28. The lowest BCUT2D eigenvalue weighted by Gasteiger charge is -2.27. The fourth-order valence-electron chi connectivity index (χ4n) is 2.91. The summed E-state index contributed by atoms with van der Waals surface area (Å²) in [5.41, 5.74) is 7.03. The summed E-state index contributed by atoms with van der Waals surface area (Å²) >= 11 is 1.23. The average molecular weight is 452 g/mol. The number of carbonyl (C=O) groups is 4. The van der Waals surface area contributed by atoms with Crippen molar-refractivity contribution in [3.63, 3.8) is 0 Å². The number of aliphatic hydroxyl groups is 1. The summed E-state index contributed by atoms with van der Waals surface area (Å²) in [6.45, 7) is -0.612. The Morgan fingerprint density at radius 2 is 1.87 bits per heavy atom. The first-order chi connectivity index (χ1) is 14.7. The monoisotopic (exact) mass is 451 g/mol. The maximum absolute atomic E-state index is 12.4. The van der Waals surface area contributed by atoms with Crippen molar-refractivity contribution in [3.05, 3.63) is 41.5 Å². The summed E-state index contributed by atoms with van der Waals surface area (Å²) in [5.74, 6) is -3.69. The highest BCUT2D eigenvalue weighted by atomic mass is 32.2. The molecule has 4 unspecified atom stereocenters. The first kappa shape index (κ1) is 24.4. The van der Waals surface area contributed by atoms with Gasteiger partial charge < -0.3 is 31.7 Å². The predicted octanol–water partition coefficient (Wildman–Crippen LogP) is -0.274. The van der Waals surface area contributed by atoms with Gasteiger partial charge in [-0.1, -0.05) is 36.4 Å². The Kier molecular flexibility index (Phi) is 9.03. The second-order valence-corrected chi connectivity index (χ2v) is 8.16. The molecule has 0 radical (unpaired) electrons. The summed E-state index contributed by atoms with van der Waals surface area (Å²) in [6, 6.07) is 5.07. The van der Waals surface area contributed by atoms with E-state index in [0.29, 0.717) is 0 Å². The number of carbonyl (C=O) groups excluding carboxylic acids is 2. The number of amides is 2. The topological polar surface area (TPSA) is 179 Å². The highest BCUT2D eigenvalue weighted by Crippen LogP contribution is 2.34. The number of nitrogens with one attached hydrogen (secondary N) is 2. The van der Waals surface area contributed by atoms with Crippen LogP contribution in [0.15, 0.2) is 30.3 Å². The summed E-state index contributed by atoms with van der Waals surface area (Å²) in [6.07, 6.45) is 2.54. The SMILES string of the molecule is NC(CCC(=O)NC(CSC1C=Cc2ccccc2C1O)C(=O)NCC(=O)O)C(=O)O. The van der Waals surface area contributed by atoms with Gasteiger partial charge in [0, 0.05) is 12.2 Å². The third-order valence-corrected chi connectivity index (χ3v) is 5.94. The lowest BCUT2D eigenvalue weighted by molar-refractivity contribution is -0.139. The third-order valence-electron chi connectivity index (χ3n) is 4.61. The number of hydrogen-bond donors (Lipinski definition) is 6. The van der Waals surface area contributed by atoms with Crippen LogP contribution in [0.1, 0.15) is 30.1 Å². The van der Waals surface area contributed by atoms with Gasteiger partial charge >= 0.3 is 11.9 Å². The number of carboxylic acids is 2. The van der Waals surface area contributed by atoms with Crippen LogP contribution in [-0.2, 0) is 19.2 Å². The molecule has 0 aliphatic heterocycles. The molecule has 168 valence electrons. The second-order valence-electron chi connectivity index (χ2n) is 6.95. The van der Waals surface area contributed by atoms with Crippen molar-refractivity contribution in [2.45, 2.75) is 36.3 Å². The number of carboxylic acid groups (broad SMARTS) is 2. The molecule has 0 heterocycles. The van der Waals surface area contributed by atoms with Crippen LogP contribution in [0.25, 0.3) is 6.08 Å². The van der Waals surface area contributed by atoms with Crippen molar-refractivity contribution in [2.75, 3.05) is 12.3 Å². The number of nitrogens with two attached hydrogens (primary N) is 1. The molecular weight excluding hydrogens is 426 g/mol. The normalized spacial score (nSPS) is 19.0. The van der Waals surface area contributed by atoms with Crippen molar-refractivity contribution in [1.82, 2.24) is 10.6 Å². The zero-order valence-electron chi connectivity index (χ0n) is 16.6. The summed E-state index contributed by atoms with van der Waals surface area (Å²) in [4.78, 5) is 46.1. The van der Waals surface area contributed by atoms with Gasteiger partial charge in [-0.3, -0.25) is 19.2 Å². The molecule has 1 aromatic carbocycles. The lowest BCUT2D eigenvalue weighted by atomic mass is 9.95. The fourth-order valence-corrected chi connectivity index (χ4v) is 4.08. The van der Waals surface area contributed by atoms with E-state index in [9.17, 15) is 24.3 Å². The number of hydrogen-bond acceptors (Lipinski definition) is 7. The van der Waals surface area contributed by atoms with E-state index in [2.05, 4.69) is 10.6 Å². The van der Waals surface area contributed by atoms with Crippen LogP contribution < -0.4 is 16.4 Å². The van der Waals surface area contributed by atoms with E-state index in [1.807, 2.05) is 30.3 Å². The number of thioether (sulfide) groups is 1. The lowest BCUT2D eigenvalue weighted by Crippen LogP contribution is -2.49. The minimum absolute atomic E-state index is 0.0659. The number of benzene rings is 1. The molecule has 10 nitrogen and oxygen atoms in total. The quantitative estimate of drug-likeness (QED) is 0.264. The molecule has 1 aliphatic carbocycles. The van der Waals surface area contributed by atoms with E-state index in [1.165, 1.54) is 11.8 Å². The van der Waals surface area contributed by atoms with Crippen molar-refractivity contribution in [2.24, 2.45) is 5.73 Å². The minimum atomic E-state index is -1.24. The number of aliphatic hydroxyl groups excluding tert-OH is 1. The standard InChI is InChI=1S/C20H25N3O7S/c21-13(20(29)30)6-8-16(24)23-14(19(28)22-9-17(25)26)10-31-15-7-5-11-3-1-2-4-12(11)18(15)27/h1-5,7,13-15,18,27H,6,8-10,21H2,(H,22,28)(H,23,24)(H,25,26)(H,29,30). The van der Waals surface area contributed by atoms with Gasteiger partial charge in [0.2, 0.25) is 11.8 Å². The van der Waals surface area contributed by atoms with E-state index in [1.54, 1.807) is 6.08 Å². The Balaban J connectivity index is 2.00. The van der Waals surface area contributed by atoms with E-state index < -0.39 is 48.5 Å². The second kappa shape index (κ2) is 11.5. The smallest absolute Gasteiger partial charge is 0.322 e. The van der Waals surface area contributed by atoms with Gasteiger partial charge in [-0.2, -0.15) is 0 Å². The molecule has 7 N–H and O–H groups in total. The van der Waals surface area contributed by atoms with Crippen molar-refractivity contribution in [3.8, 4) is 0 Å². The molecule has 1 aliphatic rings. The third kappa shape index (κ3) is 7.39. The Hall–Kier alpha value is -2.89. The van der Waals surface area contributed by atoms with E-state index in [0.717, 1.165) is 11.1 Å². The molecule has 4 atom stereocenters. The summed E-state index contributed by atoms with van der Waals surface area (Å²) in [5, 5.41) is 32.5. The van der Waals surface area contributed by atoms with Gasteiger partial charge in [0.05, 0.1) is 11.4 Å². The van der Waals surface area contributed by atoms with Gasteiger partial charge in [0.25, 0.3) is 0 Å². The van der Waals surface area contributed by atoms with E-state index in [-0.39, 0.29) is 23.8 Å². The largest absolute Gasteiger partial charge is 0.480 e. The van der Waals surface area contributed by atoms with Crippen LogP contribution in [0.4, 0.5) is 0 Å². The van der Waals surface area contributed by atoms with Crippen LogP contribution in [0.2, 0.25) is 0 Å². The summed E-state index contributed by atoms with van der Waals surface area (Å²) < 4.78 is 0. The molecule has 2 amide bonds. The highest BCUT2D eigenvalue weighted by molar-refractivity contribution is 8.00. The number of aliphatic carboxylic acids is 2. The Bertz CT molecular complexity index is 861. The van der Waals surface area contributed by atoms with Crippen molar-refractivity contribution in [1.29, 1.82) is 0 Å². The van der Waals surface area contributed by atoms with Crippen molar-refractivity contribution >= 4 is 41.6 Å². The molecule has 1 aromatic rings. The molecule has 0 fully saturated rings. The Morgan fingerprint density at radius 3 is 2.55 bits per heavy atom. The molecular formula is C20H25N3O7S. The molecule has 0 saturated heterocycles. The van der Waals surface area contributed by atoms with Gasteiger partial charge in [0.1, 0.15) is 18.6 Å². The maximum atomic E-state index is 12.4. The minimum Gasteiger partial charge on any atom is -0.480 e. The molecule has 11 heteroatoms. The molecule has 2 rings (SSSR count). The van der Waals surface area contributed by atoms with Crippen LogP contribution >= 0.6 is 11.8 Å². The first-order valence-electron chi connectivity index (χ1n) is 9.53. The van der Waals surface area contributed by atoms with Gasteiger partial charge in [-0.05, 0) is 17.5 Å². The van der Waals surface area contributed by atoms with Crippen molar-refractivity contribution < 1.29 is 34.5 Å². The van der Waals surface area contributed by atoms with Crippen LogP contribution in [0, 0.1) is 0 Å². The molecule has 31 heavy (non-hydrogen) atoms. The molecule has 0 saturated carbocycles. The predicted molar refractivity (Wildman–Crippen MR) is 114 cm³/mol. The zero-order chi connectivity index (χ0) is 23.0. The van der Waals surface area contributed by atoms with E-state index >= 15 is 0 Å². The van der Waals surface area contributed by atoms with Crippen LogP contribution in [0.3, 0.4) is 0 Å².